The summed E-state index contributed by atoms with van der Waals surface area (Å²) in [7, 11) is 0. The Bertz CT molecular complexity index is 412. The minimum atomic E-state index is 1.30. The van der Waals surface area contributed by atoms with E-state index in [2.05, 4.69) is 56.3 Å². The van der Waals surface area contributed by atoms with Gasteiger partial charge < -0.3 is 0 Å². The van der Waals surface area contributed by atoms with Crippen molar-refractivity contribution in [2.45, 2.75) is 13.8 Å². The minimum absolute atomic E-state index is 1.30. The van der Waals surface area contributed by atoms with Gasteiger partial charge in [0, 0.05) is 26.0 Å². The summed E-state index contributed by atoms with van der Waals surface area (Å²) in [6.07, 6.45) is 0. The fourth-order valence-corrected chi connectivity index (χ4v) is 2.47. The lowest BCUT2D eigenvalue weighted by molar-refractivity contribution is 1.52. The third-order valence-electron chi connectivity index (χ3n) is 2.15. The van der Waals surface area contributed by atoms with Gasteiger partial charge in [0.1, 0.15) is 0 Å². The third-order valence-corrected chi connectivity index (χ3v) is 3.03. The van der Waals surface area contributed by atoms with Crippen molar-refractivity contribution in [2.24, 2.45) is 0 Å². The van der Waals surface area contributed by atoms with E-state index in [1.165, 1.54) is 20.9 Å². The smallest absolute Gasteiger partial charge is 0.0622 e. The van der Waals surface area contributed by atoms with Crippen molar-refractivity contribution < 1.29 is 0 Å². The van der Waals surface area contributed by atoms with Crippen molar-refractivity contribution in [3.63, 3.8) is 0 Å². The van der Waals surface area contributed by atoms with E-state index in [9.17, 15) is 0 Å². The second-order valence-corrected chi connectivity index (χ2v) is 4.93. The first-order valence-electron chi connectivity index (χ1n) is 4.72. The molecule has 70 valence electrons. The predicted octanol–water partition coefficient (Wildman–Crippen LogP) is 4.31. The average molecular weight is 201 g/mol. The van der Waals surface area contributed by atoms with E-state index in [0.29, 0.717) is 0 Å². The van der Waals surface area contributed by atoms with Crippen LogP contribution in [0.5, 0.6) is 0 Å². The standard InChI is InChI=1S/C13H13S/c1-10-8-13(9-11(2)14-10)12-6-4-3-5-7-12/h3-9H,1-2H3/q+1. The van der Waals surface area contributed by atoms with Crippen molar-refractivity contribution in [3.8, 4) is 11.1 Å². The summed E-state index contributed by atoms with van der Waals surface area (Å²) in [5.41, 5.74) is 2.62. The molecule has 0 aliphatic heterocycles. The van der Waals surface area contributed by atoms with Gasteiger partial charge in [-0.05, 0) is 11.1 Å². The highest BCUT2D eigenvalue weighted by atomic mass is 32.1. The monoisotopic (exact) mass is 201 g/mol. The molecule has 2 rings (SSSR count). The zero-order valence-electron chi connectivity index (χ0n) is 8.45. The number of rotatable bonds is 1. The second-order valence-electron chi connectivity index (χ2n) is 3.43. The number of aryl methyl sites for hydroxylation is 2. The summed E-state index contributed by atoms with van der Waals surface area (Å²) < 4.78 is 0. The van der Waals surface area contributed by atoms with Crippen molar-refractivity contribution in [1.82, 2.24) is 0 Å². The Morgan fingerprint density at radius 3 is 1.93 bits per heavy atom. The highest BCUT2D eigenvalue weighted by molar-refractivity contribution is 7.11. The SMILES string of the molecule is Cc1cc(-c2ccccc2)cc(C)[s+]1. The van der Waals surface area contributed by atoms with E-state index in [0.717, 1.165) is 0 Å². The van der Waals surface area contributed by atoms with Gasteiger partial charge in [-0.2, -0.15) is 0 Å². The molecule has 0 amide bonds. The molecule has 0 aliphatic rings. The Balaban J connectivity index is 2.52. The van der Waals surface area contributed by atoms with Crippen molar-refractivity contribution in [1.29, 1.82) is 0 Å². The molecule has 2 aromatic rings. The molecule has 0 nitrogen and oxygen atoms in total. The maximum atomic E-state index is 2.24. The molecule has 1 heterocycles. The molecule has 0 bridgehead atoms. The zero-order chi connectivity index (χ0) is 9.97. The van der Waals surface area contributed by atoms with E-state index in [4.69, 9.17) is 0 Å². The average Bonchev–Trinajstić information content (AvgIpc) is 2.18. The molecular weight excluding hydrogens is 188 g/mol. The zero-order valence-corrected chi connectivity index (χ0v) is 9.27. The van der Waals surface area contributed by atoms with Gasteiger partial charge in [-0.15, -0.1) is 0 Å². The van der Waals surface area contributed by atoms with Crippen LogP contribution < -0.4 is 0 Å². The van der Waals surface area contributed by atoms with Crippen LogP contribution in [0.4, 0.5) is 0 Å². The molecule has 1 heteroatoms. The predicted molar refractivity (Wildman–Crippen MR) is 63.6 cm³/mol. The van der Waals surface area contributed by atoms with E-state index in [1.54, 1.807) is 0 Å². The Labute approximate surface area is 88.9 Å². The lowest BCUT2D eigenvalue weighted by Crippen LogP contribution is -1.79. The summed E-state index contributed by atoms with van der Waals surface area (Å²) >= 11 is 1.84. The van der Waals surface area contributed by atoms with Crippen molar-refractivity contribution in [2.75, 3.05) is 0 Å². The summed E-state index contributed by atoms with van der Waals surface area (Å²) in [6, 6.07) is 15.0. The highest BCUT2D eigenvalue weighted by Gasteiger charge is 2.07. The van der Waals surface area contributed by atoms with Gasteiger partial charge >= 0.3 is 0 Å². The van der Waals surface area contributed by atoms with E-state index >= 15 is 0 Å². The van der Waals surface area contributed by atoms with Crippen molar-refractivity contribution in [3.05, 3.63) is 52.2 Å². The number of hydrogen-bond acceptors (Lipinski definition) is 0. The first-order chi connectivity index (χ1) is 6.75. The molecule has 0 radical (unpaired) electrons. The summed E-state index contributed by atoms with van der Waals surface area (Å²) in [5.74, 6) is 0. The molecule has 1 aromatic heterocycles. The number of hydrogen-bond donors (Lipinski definition) is 0. The fourth-order valence-electron chi connectivity index (χ4n) is 1.59. The molecule has 0 atom stereocenters. The Morgan fingerprint density at radius 2 is 1.36 bits per heavy atom. The molecule has 0 fully saturated rings. The molecule has 0 aliphatic carbocycles. The van der Waals surface area contributed by atoms with E-state index < -0.39 is 0 Å². The second kappa shape index (κ2) is 3.89. The molecule has 0 saturated carbocycles. The van der Waals surface area contributed by atoms with Crippen LogP contribution in [-0.4, -0.2) is 0 Å². The van der Waals surface area contributed by atoms with Crippen LogP contribution in [0.2, 0.25) is 0 Å². The van der Waals surface area contributed by atoms with Crippen LogP contribution >= 0.6 is 11.3 Å². The maximum Gasteiger partial charge on any atom is 0.217 e. The molecule has 0 saturated heterocycles. The molecule has 0 unspecified atom stereocenters. The highest BCUT2D eigenvalue weighted by Crippen LogP contribution is 2.24. The lowest BCUT2D eigenvalue weighted by Gasteiger charge is -1.98. The molecule has 14 heavy (non-hydrogen) atoms. The van der Waals surface area contributed by atoms with Crippen LogP contribution in [0, 0.1) is 13.8 Å². The van der Waals surface area contributed by atoms with Crippen LogP contribution in [0.1, 0.15) is 9.75 Å². The van der Waals surface area contributed by atoms with Crippen molar-refractivity contribution >= 4 is 11.3 Å². The van der Waals surface area contributed by atoms with Crippen LogP contribution in [0.15, 0.2) is 42.5 Å². The van der Waals surface area contributed by atoms with Gasteiger partial charge in [0.2, 0.25) is 21.1 Å². The van der Waals surface area contributed by atoms with Gasteiger partial charge in [0.05, 0.1) is 0 Å². The van der Waals surface area contributed by atoms with E-state index in [1.807, 2.05) is 11.3 Å². The van der Waals surface area contributed by atoms with Crippen LogP contribution in [0.3, 0.4) is 0 Å². The summed E-state index contributed by atoms with van der Waals surface area (Å²) in [5, 5.41) is 0. The Hall–Kier alpha value is -1.21. The molecule has 0 N–H and O–H groups in total. The maximum absolute atomic E-state index is 2.24. The topological polar surface area (TPSA) is 0 Å². The first-order valence-corrected chi connectivity index (χ1v) is 5.54. The van der Waals surface area contributed by atoms with Gasteiger partial charge in [-0.1, -0.05) is 30.3 Å². The van der Waals surface area contributed by atoms with Gasteiger partial charge in [-0.25, -0.2) is 0 Å². The first kappa shape index (κ1) is 9.35. The molecule has 0 spiro atoms. The van der Waals surface area contributed by atoms with Crippen LogP contribution in [-0.2, 0) is 0 Å². The lowest BCUT2D eigenvalue weighted by atomic mass is 10.1. The fraction of sp³-hybridized carbons (Fsp3) is 0.154. The van der Waals surface area contributed by atoms with Gasteiger partial charge in [0.15, 0.2) is 0 Å². The molecule has 1 aromatic carbocycles. The van der Waals surface area contributed by atoms with E-state index in [-0.39, 0.29) is 0 Å². The summed E-state index contributed by atoms with van der Waals surface area (Å²) in [6.45, 7) is 4.31. The van der Waals surface area contributed by atoms with Crippen LogP contribution in [0.25, 0.3) is 11.1 Å². The Kier molecular flexibility index (Phi) is 2.60. The quantitative estimate of drug-likeness (QED) is 0.603. The number of benzene rings is 1. The minimum Gasteiger partial charge on any atom is -0.0622 e. The third kappa shape index (κ3) is 1.99. The molecular formula is C13H13S+. The normalized spacial score (nSPS) is 10.1. The largest absolute Gasteiger partial charge is 0.217 e. The Morgan fingerprint density at radius 1 is 0.786 bits per heavy atom. The summed E-state index contributed by atoms with van der Waals surface area (Å²) in [4.78, 5) is 2.73. The van der Waals surface area contributed by atoms with Gasteiger partial charge in [-0.3, -0.25) is 0 Å². The van der Waals surface area contributed by atoms with Gasteiger partial charge in [0.25, 0.3) is 0 Å².